The Bertz CT molecular complexity index is 947. The number of nitrogens with zero attached hydrogens (tertiary/aromatic N) is 2. The molecule has 0 bridgehead atoms. The highest BCUT2D eigenvalue weighted by Crippen LogP contribution is 2.27. The van der Waals surface area contributed by atoms with Crippen LogP contribution in [-0.4, -0.2) is 13.4 Å². The molecule has 1 aromatic heterocycles. The van der Waals surface area contributed by atoms with E-state index in [1.165, 1.54) is 4.31 Å². The van der Waals surface area contributed by atoms with Crippen molar-refractivity contribution in [3.05, 3.63) is 88.1 Å². The van der Waals surface area contributed by atoms with Crippen molar-refractivity contribution < 1.29 is 8.42 Å². The van der Waals surface area contributed by atoms with Crippen LogP contribution in [0.25, 0.3) is 0 Å². The Morgan fingerprint density at radius 3 is 2.28 bits per heavy atom. The maximum Gasteiger partial charge on any atom is 0.264 e. The number of aromatic nitrogens is 1. The molecular formula is C18H14BrClN2O2S. The Kier molecular flexibility index (Phi) is 5.42. The van der Waals surface area contributed by atoms with E-state index in [9.17, 15) is 8.42 Å². The van der Waals surface area contributed by atoms with Gasteiger partial charge >= 0.3 is 0 Å². The van der Waals surface area contributed by atoms with Gasteiger partial charge < -0.3 is 0 Å². The predicted molar refractivity (Wildman–Crippen MR) is 103 cm³/mol. The standard InChI is InChI=1S/C18H14BrClN2O2S/c19-15-3-9-18(10-4-15)25(23,24)22(13-14-2-1-11-21-12-14)17-7-5-16(20)6-8-17/h1-12H,13H2. The summed E-state index contributed by atoms with van der Waals surface area (Å²) in [5.41, 5.74) is 1.33. The fraction of sp³-hybridized carbons (Fsp3) is 0.0556. The maximum atomic E-state index is 13.2. The molecule has 0 aliphatic rings. The summed E-state index contributed by atoms with van der Waals surface area (Å²) in [6, 6.07) is 16.9. The van der Waals surface area contributed by atoms with Gasteiger partial charge in [0, 0.05) is 21.9 Å². The summed E-state index contributed by atoms with van der Waals surface area (Å²) >= 11 is 9.27. The molecule has 0 fully saturated rings. The van der Waals surface area contributed by atoms with Crippen LogP contribution < -0.4 is 4.31 Å². The lowest BCUT2D eigenvalue weighted by atomic mass is 10.2. The van der Waals surface area contributed by atoms with E-state index in [1.807, 2.05) is 6.07 Å². The van der Waals surface area contributed by atoms with Crippen molar-refractivity contribution in [3.63, 3.8) is 0 Å². The molecule has 0 radical (unpaired) electrons. The zero-order valence-electron chi connectivity index (χ0n) is 13.0. The highest BCUT2D eigenvalue weighted by atomic mass is 79.9. The first kappa shape index (κ1) is 17.9. The Labute approximate surface area is 160 Å². The molecule has 0 N–H and O–H groups in total. The molecule has 0 amide bonds. The van der Waals surface area contributed by atoms with Gasteiger partial charge in [0.25, 0.3) is 10.0 Å². The molecule has 3 rings (SSSR count). The first-order valence-electron chi connectivity index (χ1n) is 7.39. The van der Waals surface area contributed by atoms with Crippen LogP contribution in [0.5, 0.6) is 0 Å². The van der Waals surface area contributed by atoms with E-state index < -0.39 is 10.0 Å². The van der Waals surface area contributed by atoms with Crippen molar-refractivity contribution >= 4 is 43.2 Å². The third-order valence-electron chi connectivity index (χ3n) is 3.57. The van der Waals surface area contributed by atoms with Gasteiger partial charge in [0.05, 0.1) is 17.1 Å². The highest BCUT2D eigenvalue weighted by Gasteiger charge is 2.25. The van der Waals surface area contributed by atoms with Gasteiger partial charge in [-0.25, -0.2) is 8.42 Å². The largest absolute Gasteiger partial charge is 0.264 e. The van der Waals surface area contributed by atoms with E-state index in [1.54, 1.807) is 67.0 Å². The predicted octanol–water partition coefficient (Wildman–Crippen LogP) is 4.89. The van der Waals surface area contributed by atoms with Crippen molar-refractivity contribution in [2.24, 2.45) is 0 Å². The summed E-state index contributed by atoms with van der Waals surface area (Å²) in [6.45, 7) is 0.174. The lowest BCUT2D eigenvalue weighted by Crippen LogP contribution is -2.30. The molecule has 0 saturated heterocycles. The van der Waals surface area contributed by atoms with Crippen molar-refractivity contribution in [2.75, 3.05) is 4.31 Å². The third-order valence-corrected chi connectivity index (χ3v) is 6.13. The Morgan fingerprint density at radius 1 is 1.00 bits per heavy atom. The third kappa shape index (κ3) is 4.21. The minimum absolute atomic E-state index is 0.174. The number of hydrogen-bond acceptors (Lipinski definition) is 3. The number of pyridine rings is 1. The van der Waals surface area contributed by atoms with Crippen LogP contribution in [0.1, 0.15) is 5.56 Å². The number of hydrogen-bond donors (Lipinski definition) is 0. The monoisotopic (exact) mass is 436 g/mol. The van der Waals surface area contributed by atoms with Crippen LogP contribution in [-0.2, 0) is 16.6 Å². The number of benzene rings is 2. The zero-order valence-corrected chi connectivity index (χ0v) is 16.2. The number of halogens is 2. The molecule has 0 spiro atoms. The van der Waals surface area contributed by atoms with Gasteiger partial charge in [-0.15, -0.1) is 0 Å². The first-order valence-corrected chi connectivity index (χ1v) is 10.0. The van der Waals surface area contributed by atoms with Crippen LogP contribution in [0, 0.1) is 0 Å². The van der Waals surface area contributed by atoms with Crippen LogP contribution in [0.15, 0.2) is 82.4 Å². The van der Waals surface area contributed by atoms with Crippen LogP contribution >= 0.6 is 27.5 Å². The molecule has 0 saturated carbocycles. The Morgan fingerprint density at radius 2 is 1.68 bits per heavy atom. The van der Waals surface area contributed by atoms with E-state index in [-0.39, 0.29) is 11.4 Å². The van der Waals surface area contributed by atoms with Gasteiger partial charge in [0.2, 0.25) is 0 Å². The summed E-state index contributed by atoms with van der Waals surface area (Å²) < 4.78 is 28.5. The molecule has 7 heteroatoms. The topological polar surface area (TPSA) is 50.3 Å². The molecule has 3 aromatic rings. The van der Waals surface area contributed by atoms with Crippen LogP contribution in [0.2, 0.25) is 5.02 Å². The van der Waals surface area contributed by atoms with Gasteiger partial charge in [0.15, 0.2) is 0 Å². The van der Waals surface area contributed by atoms with Gasteiger partial charge in [0.1, 0.15) is 0 Å². The second-order valence-corrected chi connectivity index (χ2v) is 8.52. The molecule has 128 valence electrons. The van der Waals surface area contributed by atoms with E-state index in [0.29, 0.717) is 10.7 Å². The summed E-state index contributed by atoms with van der Waals surface area (Å²) in [5, 5.41) is 0.547. The molecule has 1 heterocycles. The number of sulfonamides is 1. The van der Waals surface area contributed by atoms with Crippen molar-refractivity contribution in [2.45, 2.75) is 11.4 Å². The average Bonchev–Trinajstić information content (AvgIpc) is 2.62. The fourth-order valence-electron chi connectivity index (χ4n) is 2.31. The van der Waals surface area contributed by atoms with Gasteiger partial charge in [-0.3, -0.25) is 9.29 Å². The minimum atomic E-state index is -3.74. The molecule has 0 unspecified atom stereocenters. The Balaban J connectivity index is 2.06. The van der Waals surface area contributed by atoms with Gasteiger partial charge in [-0.1, -0.05) is 33.6 Å². The highest BCUT2D eigenvalue weighted by molar-refractivity contribution is 9.10. The van der Waals surface area contributed by atoms with E-state index in [4.69, 9.17) is 11.6 Å². The molecule has 0 aliphatic carbocycles. The normalized spacial score (nSPS) is 11.3. The van der Waals surface area contributed by atoms with E-state index >= 15 is 0 Å². The SMILES string of the molecule is O=S(=O)(c1ccc(Br)cc1)N(Cc1cccnc1)c1ccc(Cl)cc1. The smallest absolute Gasteiger partial charge is 0.264 e. The summed E-state index contributed by atoms with van der Waals surface area (Å²) in [7, 11) is -3.74. The van der Waals surface area contributed by atoms with Gasteiger partial charge in [-0.05, 0) is 60.2 Å². The van der Waals surface area contributed by atoms with Gasteiger partial charge in [-0.2, -0.15) is 0 Å². The number of anilines is 1. The first-order chi connectivity index (χ1) is 12.0. The number of rotatable bonds is 5. The lowest BCUT2D eigenvalue weighted by molar-refractivity contribution is 0.590. The van der Waals surface area contributed by atoms with Crippen molar-refractivity contribution in [3.8, 4) is 0 Å². The fourth-order valence-corrected chi connectivity index (χ4v) is 4.16. The molecule has 2 aromatic carbocycles. The summed E-state index contributed by atoms with van der Waals surface area (Å²) in [5.74, 6) is 0. The molecule has 0 aliphatic heterocycles. The van der Waals surface area contributed by atoms with Crippen LogP contribution in [0.3, 0.4) is 0 Å². The van der Waals surface area contributed by atoms with E-state index in [0.717, 1.165) is 10.0 Å². The van der Waals surface area contributed by atoms with Crippen LogP contribution in [0.4, 0.5) is 5.69 Å². The second kappa shape index (κ2) is 7.56. The van der Waals surface area contributed by atoms with Crippen molar-refractivity contribution in [1.29, 1.82) is 0 Å². The molecular weight excluding hydrogens is 424 g/mol. The summed E-state index contributed by atoms with van der Waals surface area (Å²) in [6.07, 6.45) is 3.30. The zero-order chi connectivity index (χ0) is 17.9. The van der Waals surface area contributed by atoms with E-state index in [2.05, 4.69) is 20.9 Å². The maximum absolute atomic E-state index is 13.2. The molecule has 4 nitrogen and oxygen atoms in total. The molecule has 25 heavy (non-hydrogen) atoms. The second-order valence-electron chi connectivity index (χ2n) is 5.30. The summed E-state index contributed by atoms with van der Waals surface area (Å²) in [4.78, 5) is 4.28. The lowest BCUT2D eigenvalue weighted by Gasteiger charge is -2.24. The van der Waals surface area contributed by atoms with Crippen molar-refractivity contribution in [1.82, 2.24) is 4.98 Å². The minimum Gasteiger partial charge on any atom is -0.264 e. The quantitative estimate of drug-likeness (QED) is 0.571. The molecule has 0 atom stereocenters. The Hall–Kier alpha value is -1.89. The average molecular weight is 438 g/mol.